The smallest absolute Gasteiger partial charge is 0.270 e. The topological polar surface area (TPSA) is 150 Å². The van der Waals surface area contributed by atoms with Gasteiger partial charge in [0.05, 0.1) is 4.92 Å². The van der Waals surface area contributed by atoms with Crippen LogP contribution in [0.2, 0.25) is 0 Å². The van der Waals surface area contributed by atoms with Gasteiger partial charge < -0.3 is 5.32 Å². The number of benzene rings is 1. The van der Waals surface area contributed by atoms with Crippen molar-refractivity contribution in [3.05, 3.63) is 45.9 Å². The molecule has 2 N–H and O–H groups in total. The van der Waals surface area contributed by atoms with Gasteiger partial charge in [-0.2, -0.15) is 10.5 Å². The van der Waals surface area contributed by atoms with Crippen LogP contribution in [0.4, 0.5) is 11.4 Å². The monoisotopic (exact) mass is 299 g/mol. The molecule has 0 unspecified atom stereocenters. The number of nitro benzene ring substituents is 1. The second-order valence-corrected chi connectivity index (χ2v) is 4.09. The van der Waals surface area contributed by atoms with E-state index in [2.05, 4.69) is 25.9 Å². The number of aromatic amines is 1. The van der Waals surface area contributed by atoms with E-state index in [9.17, 15) is 14.9 Å². The standard InChI is InChI=1S/C12H9N7O3/c1-7(20)10-4-9(19(21)22)2-3-11(10)14-6-8(5-13)12-15-17-18-16-12/h2-4,6,14H,1H3,(H,15,16,17,18). The molecule has 0 saturated heterocycles. The molecule has 110 valence electrons. The van der Waals surface area contributed by atoms with Crippen molar-refractivity contribution in [1.29, 1.82) is 5.26 Å². The molecule has 0 aliphatic heterocycles. The first kappa shape index (κ1) is 14.8. The number of H-pyrrole nitrogens is 1. The molecule has 1 heterocycles. The van der Waals surface area contributed by atoms with Crippen LogP contribution in [0.15, 0.2) is 24.4 Å². The van der Waals surface area contributed by atoms with Crippen molar-refractivity contribution in [3.8, 4) is 6.07 Å². The molecule has 0 spiro atoms. The number of Topliss-reactive ketones (excluding diaryl/α,β-unsaturated/α-hetero) is 1. The zero-order valence-electron chi connectivity index (χ0n) is 11.3. The van der Waals surface area contributed by atoms with Crippen molar-refractivity contribution in [2.45, 2.75) is 6.92 Å². The third kappa shape index (κ3) is 3.10. The highest BCUT2D eigenvalue weighted by molar-refractivity contribution is 6.00. The molecule has 10 nitrogen and oxygen atoms in total. The maximum Gasteiger partial charge on any atom is 0.270 e. The summed E-state index contributed by atoms with van der Waals surface area (Å²) in [5, 5.41) is 35.4. The lowest BCUT2D eigenvalue weighted by Gasteiger charge is -2.06. The van der Waals surface area contributed by atoms with Crippen LogP contribution in [0.25, 0.3) is 5.57 Å². The van der Waals surface area contributed by atoms with Crippen molar-refractivity contribution in [2.24, 2.45) is 0 Å². The molecule has 0 bridgehead atoms. The number of tetrazole rings is 1. The van der Waals surface area contributed by atoms with Gasteiger partial charge in [0.15, 0.2) is 5.78 Å². The van der Waals surface area contributed by atoms with Crippen molar-refractivity contribution >= 4 is 22.7 Å². The molecule has 2 rings (SSSR count). The lowest BCUT2D eigenvalue weighted by atomic mass is 10.1. The molecule has 0 atom stereocenters. The number of nitrogens with one attached hydrogen (secondary N) is 2. The lowest BCUT2D eigenvalue weighted by Crippen LogP contribution is -2.02. The molecule has 0 amide bonds. The number of aromatic nitrogens is 4. The summed E-state index contributed by atoms with van der Waals surface area (Å²) in [6.45, 7) is 1.29. The molecule has 0 saturated carbocycles. The summed E-state index contributed by atoms with van der Waals surface area (Å²) >= 11 is 0. The van der Waals surface area contributed by atoms with E-state index in [1.807, 2.05) is 6.07 Å². The molecule has 0 aliphatic rings. The molecular weight excluding hydrogens is 290 g/mol. The number of nitro groups is 1. The van der Waals surface area contributed by atoms with E-state index in [-0.39, 0.29) is 28.4 Å². The molecule has 10 heteroatoms. The first-order valence-corrected chi connectivity index (χ1v) is 5.93. The van der Waals surface area contributed by atoms with Gasteiger partial charge in [0.25, 0.3) is 5.69 Å². The third-order valence-corrected chi connectivity index (χ3v) is 2.67. The Morgan fingerprint density at radius 3 is 2.86 bits per heavy atom. The van der Waals surface area contributed by atoms with E-state index >= 15 is 0 Å². The highest BCUT2D eigenvalue weighted by Gasteiger charge is 2.14. The van der Waals surface area contributed by atoms with E-state index in [0.717, 1.165) is 0 Å². The number of anilines is 1. The maximum atomic E-state index is 11.6. The van der Waals surface area contributed by atoms with Gasteiger partial charge in [-0.15, -0.1) is 10.2 Å². The number of carbonyl (C=O) groups excluding carboxylic acids is 1. The molecule has 0 radical (unpaired) electrons. The zero-order valence-corrected chi connectivity index (χ0v) is 11.3. The van der Waals surface area contributed by atoms with Gasteiger partial charge in [-0.05, 0) is 18.2 Å². The average Bonchev–Trinajstić information content (AvgIpc) is 3.02. The minimum atomic E-state index is -0.591. The van der Waals surface area contributed by atoms with Crippen LogP contribution >= 0.6 is 0 Å². The first-order chi connectivity index (χ1) is 10.5. The van der Waals surface area contributed by atoms with Crippen LogP contribution in [-0.2, 0) is 0 Å². The van der Waals surface area contributed by atoms with Gasteiger partial charge in [-0.25, -0.2) is 0 Å². The van der Waals surface area contributed by atoms with Crippen molar-refractivity contribution in [3.63, 3.8) is 0 Å². The summed E-state index contributed by atoms with van der Waals surface area (Å²) in [5.41, 5.74) is 0.352. The average molecular weight is 299 g/mol. The van der Waals surface area contributed by atoms with E-state index in [0.29, 0.717) is 5.69 Å². The van der Waals surface area contributed by atoms with Crippen LogP contribution < -0.4 is 5.32 Å². The first-order valence-electron chi connectivity index (χ1n) is 5.93. The quantitative estimate of drug-likeness (QED) is 0.362. The van der Waals surface area contributed by atoms with E-state index in [4.69, 9.17) is 5.26 Å². The summed E-state index contributed by atoms with van der Waals surface area (Å²) in [4.78, 5) is 21.8. The highest BCUT2D eigenvalue weighted by Crippen LogP contribution is 2.23. The number of rotatable bonds is 5. The van der Waals surface area contributed by atoms with Crippen LogP contribution in [-0.4, -0.2) is 31.3 Å². The van der Waals surface area contributed by atoms with Gasteiger partial charge in [0.1, 0.15) is 11.6 Å². The molecule has 0 fully saturated rings. The Hall–Kier alpha value is -3.61. The largest absolute Gasteiger partial charge is 0.360 e. The maximum absolute atomic E-state index is 11.6. The van der Waals surface area contributed by atoms with E-state index in [1.54, 1.807) is 0 Å². The molecular formula is C12H9N7O3. The van der Waals surface area contributed by atoms with E-state index in [1.165, 1.54) is 31.3 Å². The summed E-state index contributed by atoms with van der Waals surface area (Å²) in [6, 6.07) is 5.68. The number of non-ortho nitro benzene ring substituents is 1. The second-order valence-electron chi connectivity index (χ2n) is 4.09. The Morgan fingerprint density at radius 1 is 1.55 bits per heavy atom. The SMILES string of the molecule is CC(=O)c1cc([N+](=O)[O-])ccc1NC=C(C#N)c1nn[nH]n1. The summed E-state index contributed by atoms with van der Waals surface area (Å²) in [6.07, 6.45) is 1.29. The number of hydrogen-bond acceptors (Lipinski definition) is 8. The summed E-state index contributed by atoms with van der Waals surface area (Å²) in [5.74, 6) is -0.265. The zero-order chi connectivity index (χ0) is 16.1. The predicted molar refractivity (Wildman–Crippen MR) is 74.5 cm³/mol. The summed E-state index contributed by atoms with van der Waals surface area (Å²) < 4.78 is 0. The van der Waals surface area contributed by atoms with Crippen LogP contribution in [0.5, 0.6) is 0 Å². The number of hydrogen-bond donors (Lipinski definition) is 2. The summed E-state index contributed by atoms with van der Waals surface area (Å²) in [7, 11) is 0. The van der Waals surface area contributed by atoms with Crippen molar-refractivity contribution < 1.29 is 9.72 Å². The Kier molecular flexibility index (Phi) is 4.19. The minimum absolute atomic E-state index is 0.0845. The Bertz CT molecular complexity index is 790. The molecule has 1 aromatic heterocycles. The van der Waals surface area contributed by atoms with Gasteiger partial charge in [0.2, 0.25) is 5.82 Å². The number of nitriles is 1. The fraction of sp³-hybridized carbons (Fsp3) is 0.0833. The molecule has 22 heavy (non-hydrogen) atoms. The van der Waals surface area contributed by atoms with Crippen LogP contribution in [0.1, 0.15) is 23.1 Å². The van der Waals surface area contributed by atoms with Gasteiger partial charge >= 0.3 is 0 Å². The number of carbonyl (C=O) groups is 1. The van der Waals surface area contributed by atoms with Gasteiger partial charge in [-0.1, -0.05) is 0 Å². The van der Waals surface area contributed by atoms with E-state index < -0.39 is 4.92 Å². The molecule has 2 aromatic rings. The minimum Gasteiger partial charge on any atom is -0.360 e. The Morgan fingerprint density at radius 2 is 2.32 bits per heavy atom. The number of allylic oxidation sites excluding steroid dienone is 1. The van der Waals surface area contributed by atoms with Crippen LogP contribution in [0.3, 0.4) is 0 Å². The van der Waals surface area contributed by atoms with Gasteiger partial charge in [0, 0.05) is 29.6 Å². The Labute approximate surface area is 123 Å². The van der Waals surface area contributed by atoms with Gasteiger partial charge in [-0.3, -0.25) is 14.9 Å². The highest BCUT2D eigenvalue weighted by atomic mass is 16.6. The Balaban J connectivity index is 2.35. The fourth-order valence-corrected chi connectivity index (χ4v) is 1.64. The second kappa shape index (κ2) is 6.23. The van der Waals surface area contributed by atoms with Crippen molar-refractivity contribution in [2.75, 3.05) is 5.32 Å². The third-order valence-electron chi connectivity index (χ3n) is 2.67. The van der Waals surface area contributed by atoms with Crippen molar-refractivity contribution in [1.82, 2.24) is 20.6 Å². The normalized spacial score (nSPS) is 10.8. The lowest BCUT2D eigenvalue weighted by molar-refractivity contribution is -0.384. The molecule has 0 aliphatic carbocycles. The number of ketones is 1. The molecule has 1 aromatic carbocycles. The predicted octanol–water partition coefficient (Wildman–Crippen LogP) is 1.29. The fourth-order valence-electron chi connectivity index (χ4n) is 1.64. The van der Waals surface area contributed by atoms with Crippen LogP contribution in [0, 0.1) is 21.4 Å². The number of nitrogens with zero attached hydrogens (tertiary/aromatic N) is 5.